The minimum Gasteiger partial charge on any atom is -0.262 e. The number of fused-ring (bicyclic) bond motifs is 5. The van der Waals surface area contributed by atoms with Crippen molar-refractivity contribution in [1.29, 1.82) is 0 Å². The molecule has 5 rings (SSSR count). The summed E-state index contributed by atoms with van der Waals surface area (Å²) in [6, 6.07) is 7.14. The van der Waals surface area contributed by atoms with Crippen molar-refractivity contribution in [3.05, 3.63) is 40.3 Å². The molecule has 4 fully saturated rings. The first-order valence-corrected chi connectivity index (χ1v) is 14.1. The van der Waals surface area contributed by atoms with E-state index in [0.717, 1.165) is 50.5 Å². The van der Waals surface area contributed by atoms with Gasteiger partial charge in [0.25, 0.3) is 10.1 Å². The van der Waals surface area contributed by atoms with E-state index < -0.39 is 10.1 Å². The summed E-state index contributed by atoms with van der Waals surface area (Å²) >= 11 is 0. The number of hydrogen-bond donors (Lipinski definition) is 0. The summed E-state index contributed by atoms with van der Waals surface area (Å²) in [6.07, 6.45) is 9.45. The van der Waals surface area contributed by atoms with Gasteiger partial charge in [-0.3, -0.25) is 4.18 Å². The Morgan fingerprint density at radius 2 is 1.67 bits per heavy atom. The fraction of sp³-hybridized carbons (Fsp3) is 0.769. The molecule has 7 heteroatoms. The van der Waals surface area contributed by atoms with Crippen LogP contribution >= 0.6 is 0 Å². The van der Waals surface area contributed by atoms with E-state index in [1.807, 2.05) is 19.1 Å². The second kappa shape index (κ2) is 8.28. The van der Waals surface area contributed by atoms with Crippen LogP contribution in [0.2, 0.25) is 0 Å². The SMILES string of the molecule is Cc1ccc(S(=O)(=O)O[C@@H]2CC[C@@H]3[C@H]4CC[C@H]5C[C@H](N=[N+]=[N-])CC[C@]5(C)[C@@H]4CC[C@@]32C)cc1. The highest BCUT2D eigenvalue weighted by Crippen LogP contribution is 2.66. The van der Waals surface area contributed by atoms with Crippen LogP contribution in [-0.4, -0.2) is 20.6 Å². The van der Waals surface area contributed by atoms with E-state index in [9.17, 15) is 8.42 Å². The van der Waals surface area contributed by atoms with Crippen molar-refractivity contribution in [3.63, 3.8) is 0 Å². The summed E-state index contributed by atoms with van der Waals surface area (Å²) in [5.41, 5.74) is 10.2. The maximum atomic E-state index is 13.1. The standard InChI is InChI=1S/C26H37N3O3S/c1-17-4-7-20(8-5-17)33(30,31)32-24-11-10-22-21-9-6-18-16-19(28-29-27)12-14-25(18,2)23(21)13-15-26(22,24)3/h4-5,7-8,18-19,21-24H,6,9-16H2,1-3H3/t18-,19+,21+,22+,23+,24+,25-,26-/m0/s1. The van der Waals surface area contributed by atoms with Gasteiger partial charge in [-0.25, -0.2) is 0 Å². The molecular weight excluding hydrogens is 434 g/mol. The number of hydrogen-bond acceptors (Lipinski definition) is 4. The largest absolute Gasteiger partial charge is 0.297 e. The lowest BCUT2D eigenvalue weighted by atomic mass is 9.45. The normalized spacial score (nSPS) is 42.5. The third-order valence-corrected chi connectivity index (χ3v) is 11.7. The Labute approximate surface area is 198 Å². The highest BCUT2D eigenvalue weighted by molar-refractivity contribution is 7.86. The number of azide groups is 1. The summed E-state index contributed by atoms with van der Waals surface area (Å²) in [5, 5.41) is 4.05. The molecule has 0 N–H and O–H groups in total. The summed E-state index contributed by atoms with van der Waals surface area (Å²) in [4.78, 5) is 3.34. The van der Waals surface area contributed by atoms with Crippen LogP contribution in [0.3, 0.4) is 0 Å². The van der Waals surface area contributed by atoms with Crippen LogP contribution < -0.4 is 0 Å². The first kappa shape index (κ1) is 23.2. The van der Waals surface area contributed by atoms with Crippen molar-refractivity contribution in [3.8, 4) is 0 Å². The Kier molecular flexibility index (Phi) is 5.82. The highest BCUT2D eigenvalue weighted by Gasteiger charge is 2.61. The average molecular weight is 472 g/mol. The minimum atomic E-state index is -3.76. The third kappa shape index (κ3) is 3.81. The molecule has 0 bridgehead atoms. The number of rotatable bonds is 4. The van der Waals surface area contributed by atoms with Crippen molar-refractivity contribution in [1.82, 2.24) is 0 Å². The monoisotopic (exact) mass is 471 g/mol. The van der Waals surface area contributed by atoms with Crippen LogP contribution in [-0.2, 0) is 14.3 Å². The quantitative estimate of drug-likeness (QED) is 0.209. The zero-order chi connectivity index (χ0) is 23.4. The van der Waals surface area contributed by atoms with E-state index in [4.69, 9.17) is 9.71 Å². The molecule has 0 saturated heterocycles. The molecule has 180 valence electrons. The van der Waals surface area contributed by atoms with Gasteiger partial charge in [0, 0.05) is 11.0 Å². The smallest absolute Gasteiger partial charge is 0.262 e. The van der Waals surface area contributed by atoms with Crippen LogP contribution in [0, 0.1) is 41.4 Å². The number of benzene rings is 1. The van der Waals surface area contributed by atoms with Gasteiger partial charge in [-0.2, -0.15) is 8.42 Å². The summed E-state index contributed by atoms with van der Waals surface area (Å²) < 4.78 is 32.1. The van der Waals surface area contributed by atoms with Crippen molar-refractivity contribution < 1.29 is 12.6 Å². The van der Waals surface area contributed by atoms with E-state index in [1.165, 1.54) is 12.8 Å². The Balaban J connectivity index is 1.34. The Morgan fingerprint density at radius 1 is 0.970 bits per heavy atom. The summed E-state index contributed by atoms with van der Waals surface area (Å²) in [5.74, 6) is 2.51. The molecule has 0 unspecified atom stereocenters. The van der Waals surface area contributed by atoms with Crippen molar-refractivity contribution in [2.45, 2.75) is 95.6 Å². The number of nitrogens with zero attached hydrogens (tertiary/aromatic N) is 3. The molecule has 4 aliphatic rings. The third-order valence-electron chi connectivity index (χ3n) is 10.3. The van der Waals surface area contributed by atoms with Gasteiger partial charge in [-0.05, 0) is 117 Å². The molecule has 1 aromatic rings. The van der Waals surface area contributed by atoms with Crippen molar-refractivity contribution >= 4 is 10.1 Å². The predicted molar refractivity (Wildman–Crippen MR) is 128 cm³/mol. The summed E-state index contributed by atoms with van der Waals surface area (Å²) in [7, 11) is -3.76. The van der Waals surface area contributed by atoms with Gasteiger partial charge in [0.1, 0.15) is 0 Å². The van der Waals surface area contributed by atoms with Gasteiger partial charge in [0.2, 0.25) is 0 Å². The molecule has 0 aliphatic heterocycles. The van der Waals surface area contributed by atoms with Crippen LogP contribution in [0.4, 0.5) is 0 Å². The molecule has 4 saturated carbocycles. The Hall–Kier alpha value is -1.56. The Morgan fingerprint density at radius 3 is 2.39 bits per heavy atom. The van der Waals surface area contributed by atoms with Gasteiger partial charge in [0.15, 0.2) is 0 Å². The molecule has 4 aliphatic carbocycles. The minimum absolute atomic E-state index is 0.0789. The molecule has 0 radical (unpaired) electrons. The van der Waals surface area contributed by atoms with Crippen LogP contribution in [0.15, 0.2) is 34.3 Å². The lowest BCUT2D eigenvalue weighted by Crippen LogP contribution is -2.54. The van der Waals surface area contributed by atoms with Gasteiger partial charge in [-0.1, -0.05) is 36.7 Å². The van der Waals surface area contributed by atoms with Gasteiger partial charge < -0.3 is 0 Å². The second-order valence-electron chi connectivity index (χ2n) is 11.8. The van der Waals surface area contributed by atoms with E-state index in [2.05, 4.69) is 23.9 Å². The first-order valence-electron chi connectivity index (χ1n) is 12.7. The fourth-order valence-corrected chi connectivity index (χ4v) is 9.64. The highest BCUT2D eigenvalue weighted by atomic mass is 32.2. The van der Waals surface area contributed by atoms with Crippen LogP contribution in [0.1, 0.15) is 77.2 Å². The molecule has 6 nitrogen and oxygen atoms in total. The van der Waals surface area contributed by atoms with Gasteiger partial charge in [-0.15, -0.1) is 0 Å². The molecule has 0 spiro atoms. The lowest BCUT2D eigenvalue weighted by Gasteiger charge is -2.60. The average Bonchev–Trinajstić information content (AvgIpc) is 3.10. The first-order chi connectivity index (χ1) is 15.7. The van der Waals surface area contributed by atoms with E-state index in [0.29, 0.717) is 29.1 Å². The maximum Gasteiger partial charge on any atom is 0.297 e. The molecule has 1 aromatic carbocycles. The summed E-state index contributed by atoms with van der Waals surface area (Å²) in [6.45, 7) is 6.74. The Bertz CT molecular complexity index is 1050. The molecule has 8 atom stereocenters. The fourth-order valence-electron chi connectivity index (χ4n) is 8.44. The maximum absolute atomic E-state index is 13.1. The van der Waals surface area contributed by atoms with E-state index in [-0.39, 0.29) is 22.5 Å². The lowest BCUT2D eigenvalue weighted by molar-refractivity contribution is -0.119. The van der Waals surface area contributed by atoms with Crippen molar-refractivity contribution in [2.75, 3.05) is 0 Å². The zero-order valence-electron chi connectivity index (χ0n) is 20.1. The topological polar surface area (TPSA) is 92.1 Å². The van der Waals surface area contributed by atoms with E-state index in [1.54, 1.807) is 12.1 Å². The van der Waals surface area contributed by atoms with Crippen molar-refractivity contribution in [2.24, 2.45) is 39.6 Å². The molecule has 0 heterocycles. The molecule has 0 amide bonds. The number of aryl methyl sites for hydroxylation is 1. The molecule has 33 heavy (non-hydrogen) atoms. The second-order valence-corrected chi connectivity index (χ2v) is 13.3. The predicted octanol–water partition coefficient (Wildman–Crippen LogP) is 6.79. The van der Waals surface area contributed by atoms with Gasteiger partial charge >= 0.3 is 0 Å². The van der Waals surface area contributed by atoms with Crippen LogP contribution in [0.5, 0.6) is 0 Å². The van der Waals surface area contributed by atoms with E-state index >= 15 is 0 Å². The van der Waals surface area contributed by atoms with Gasteiger partial charge in [0.05, 0.1) is 11.0 Å². The molecule has 0 aromatic heterocycles. The molecular formula is C26H37N3O3S. The zero-order valence-corrected chi connectivity index (χ0v) is 20.9. The van der Waals surface area contributed by atoms with Crippen LogP contribution in [0.25, 0.3) is 10.4 Å².